The molecule has 0 aromatic carbocycles. The van der Waals surface area contributed by atoms with Crippen LogP contribution in [-0.2, 0) is 11.3 Å². The van der Waals surface area contributed by atoms with Gasteiger partial charge in [0, 0.05) is 26.1 Å². The Morgan fingerprint density at radius 3 is 2.64 bits per heavy atom. The Bertz CT molecular complexity index is 807. The molecule has 0 spiro atoms. The summed E-state index contributed by atoms with van der Waals surface area (Å²) in [6.45, 7) is 11.5. The van der Waals surface area contributed by atoms with Crippen molar-refractivity contribution in [3.8, 4) is 0 Å². The molecule has 28 heavy (non-hydrogen) atoms. The van der Waals surface area contributed by atoms with Crippen LogP contribution in [0.3, 0.4) is 0 Å². The second-order valence-corrected chi connectivity index (χ2v) is 9.73. The van der Waals surface area contributed by atoms with Crippen molar-refractivity contribution in [2.75, 3.05) is 30.3 Å². The van der Waals surface area contributed by atoms with E-state index < -0.39 is 0 Å². The van der Waals surface area contributed by atoms with Crippen molar-refractivity contribution in [1.29, 1.82) is 0 Å². The van der Waals surface area contributed by atoms with Crippen LogP contribution < -0.4 is 10.2 Å². The average Bonchev–Trinajstić information content (AvgIpc) is 3.04. The number of piperidine rings is 1. The summed E-state index contributed by atoms with van der Waals surface area (Å²) in [5.41, 5.74) is 0.849. The molecule has 0 unspecified atom stereocenters. The summed E-state index contributed by atoms with van der Waals surface area (Å²) in [5, 5.41) is 9.35. The van der Waals surface area contributed by atoms with Gasteiger partial charge in [0.15, 0.2) is 10.8 Å². The Kier molecular flexibility index (Phi) is 6.80. The molecule has 3 heterocycles. The van der Waals surface area contributed by atoms with E-state index in [-0.39, 0.29) is 11.3 Å². The Balaban J connectivity index is 1.78. The van der Waals surface area contributed by atoms with E-state index in [4.69, 9.17) is 9.97 Å². The van der Waals surface area contributed by atoms with E-state index in [1.54, 1.807) is 11.8 Å². The summed E-state index contributed by atoms with van der Waals surface area (Å²) in [5.74, 6) is 2.01. The van der Waals surface area contributed by atoms with Gasteiger partial charge in [-0.25, -0.2) is 14.6 Å². The van der Waals surface area contributed by atoms with Gasteiger partial charge in [0.2, 0.25) is 5.91 Å². The second-order valence-electron chi connectivity index (χ2n) is 8.50. The van der Waals surface area contributed by atoms with E-state index in [1.165, 1.54) is 19.3 Å². The number of nitrogens with one attached hydrogen (secondary N) is 1. The second kappa shape index (κ2) is 9.11. The molecule has 0 atom stereocenters. The van der Waals surface area contributed by atoms with Crippen LogP contribution in [0.15, 0.2) is 11.4 Å². The summed E-state index contributed by atoms with van der Waals surface area (Å²) in [7, 11) is 0. The SMILES string of the molecule is CCSc1nc(N2CCCCC2)c2cnn(CCNC(=O)CC(C)(C)C)c2n1. The predicted octanol–water partition coefficient (Wildman–Crippen LogP) is 3.48. The average molecular weight is 405 g/mol. The zero-order valence-corrected chi connectivity index (χ0v) is 18.3. The first-order valence-electron chi connectivity index (χ1n) is 10.3. The van der Waals surface area contributed by atoms with Gasteiger partial charge in [0.1, 0.15) is 5.82 Å². The van der Waals surface area contributed by atoms with Crippen molar-refractivity contribution >= 4 is 34.5 Å². The Morgan fingerprint density at radius 1 is 1.21 bits per heavy atom. The van der Waals surface area contributed by atoms with Crippen molar-refractivity contribution in [2.24, 2.45) is 5.41 Å². The fourth-order valence-corrected chi connectivity index (χ4v) is 4.03. The van der Waals surface area contributed by atoms with Crippen molar-refractivity contribution in [2.45, 2.75) is 65.1 Å². The highest BCUT2D eigenvalue weighted by Crippen LogP contribution is 2.29. The summed E-state index contributed by atoms with van der Waals surface area (Å²) in [4.78, 5) is 24.0. The summed E-state index contributed by atoms with van der Waals surface area (Å²) >= 11 is 1.66. The van der Waals surface area contributed by atoms with E-state index in [2.05, 4.69) is 43.0 Å². The summed E-state index contributed by atoms with van der Waals surface area (Å²) < 4.78 is 1.89. The molecule has 2 aromatic rings. The zero-order valence-electron chi connectivity index (χ0n) is 17.5. The maximum atomic E-state index is 12.1. The third kappa shape index (κ3) is 5.37. The van der Waals surface area contributed by atoms with Crippen LogP contribution in [0.2, 0.25) is 0 Å². The highest BCUT2D eigenvalue weighted by molar-refractivity contribution is 7.99. The fraction of sp³-hybridized carbons (Fsp3) is 0.700. The standard InChI is InChI=1S/C20H32N6OS/c1-5-28-19-23-17(25-10-7-6-8-11-25)15-14-22-26(18(15)24-19)12-9-21-16(27)13-20(2,3)4/h14H,5-13H2,1-4H3,(H,21,27). The number of anilines is 1. The van der Waals surface area contributed by atoms with Crippen molar-refractivity contribution in [1.82, 2.24) is 25.1 Å². The number of rotatable bonds is 7. The van der Waals surface area contributed by atoms with E-state index in [0.29, 0.717) is 19.5 Å². The number of hydrogen-bond donors (Lipinski definition) is 1. The number of fused-ring (bicyclic) bond motifs is 1. The lowest BCUT2D eigenvalue weighted by Crippen LogP contribution is -2.31. The lowest BCUT2D eigenvalue weighted by atomic mass is 9.92. The lowest BCUT2D eigenvalue weighted by molar-refractivity contribution is -0.122. The normalized spacial score (nSPS) is 15.2. The minimum absolute atomic E-state index is 0.00860. The molecule has 1 aliphatic rings. The monoisotopic (exact) mass is 404 g/mol. The minimum atomic E-state index is -0.00860. The molecule has 1 fully saturated rings. The first-order chi connectivity index (χ1) is 13.4. The Labute approximate surface area is 171 Å². The number of aromatic nitrogens is 4. The van der Waals surface area contributed by atoms with Crippen molar-refractivity contribution < 1.29 is 4.79 Å². The fourth-order valence-electron chi connectivity index (χ4n) is 3.47. The molecule has 7 nitrogen and oxygen atoms in total. The molecule has 154 valence electrons. The highest BCUT2D eigenvalue weighted by atomic mass is 32.2. The van der Waals surface area contributed by atoms with Gasteiger partial charge in [-0.3, -0.25) is 4.79 Å². The van der Waals surface area contributed by atoms with Crippen LogP contribution in [0, 0.1) is 5.41 Å². The topological polar surface area (TPSA) is 75.9 Å². The third-order valence-corrected chi connectivity index (χ3v) is 5.45. The van der Waals surface area contributed by atoms with E-state index >= 15 is 0 Å². The molecule has 0 radical (unpaired) electrons. The number of carbonyl (C=O) groups excluding carboxylic acids is 1. The third-order valence-electron chi connectivity index (χ3n) is 4.72. The van der Waals surface area contributed by atoms with Gasteiger partial charge in [-0.2, -0.15) is 5.10 Å². The largest absolute Gasteiger partial charge is 0.356 e. The molecule has 0 bridgehead atoms. The molecule has 1 saturated heterocycles. The summed E-state index contributed by atoms with van der Waals surface area (Å²) in [6.07, 6.45) is 6.09. The number of nitrogens with zero attached hydrogens (tertiary/aromatic N) is 5. The van der Waals surface area contributed by atoms with Gasteiger partial charge >= 0.3 is 0 Å². The van der Waals surface area contributed by atoms with E-state index in [9.17, 15) is 4.79 Å². The summed E-state index contributed by atoms with van der Waals surface area (Å²) in [6, 6.07) is 0. The van der Waals surface area contributed by atoms with Crippen LogP contribution in [0.4, 0.5) is 5.82 Å². The molecule has 1 amide bonds. The van der Waals surface area contributed by atoms with Crippen LogP contribution in [-0.4, -0.2) is 51.0 Å². The van der Waals surface area contributed by atoms with Crippen molar-refractivity contribution in [3.63, 3.8) is 0 Å². The molecule has 0 aliphatic carbocycles. The van der Waals surface area contributed by atoms with Crippen LogP contribution in [0.1, 0.15) is 53.4 Å². The maximum absolute atomic E-state index is 12.1. The number of amides is 1. The highest BCUT2D eigenvalue weighted by Gasteiger charge is 2.20. The van der Waals surface area contributed by atoms with Crippen LogP contribution in [0.5, 0.6) is 0 Å². The van der Waals surface area contributed by atoms with Gasteiger partial charge in [-0.1, -0.05) is 39.5 Å². The zero-order chi connectivity index (χ0) is 20.1. The molecule has 3 rings (SSSR count). The van der Waals surface area contributed by atoms with Gasteiger partial charge in [0.05, 0.1) is 18.1 Å². The minimum Gasteiger partial charge on any atom is -0.356 e. The van der Waals surface area contributed by atoms with Gasteiger partial charge in [-0.05, 0) is 30.4 Å². The Hall–Kier alpha value is -1.83. The number of thioether (sulfide) groups is 1. The van der Waals surface area contributed by atoms with Crippen LogP contribution in [0.25, 0.3) is 11.0 Å². The molecular weight excluding hydrogens is 372 g/mol. The van der Waals surface area contributed by atoms with Gasteiger partial charge < -0.3 is 10.2 Å². The molecule has 8 heteroatoms. The van der Waals surface area contributed by atoms with Crippen LogP contribution >= 0.6 is 11.8 Å². The van der Waals surface area contributed by atoms with E-state index in [0.717, 1.165) is 40.9 Å². The molecule has 1 N–H and O–H groups in total. The number of carbonyl (C=O) groups is 1. The smallest absolute Gasteiger partial charge is 0.220 e. The molecule has 0 saturated carbocycles. The Morgan fingerprint density at radius 2 is 1.96 bits per heavy atom. The molecular formula is C20H32N6OS. The van der Waals surface area contributed by atoms with E-state index in [1.807, 2.05) is 10.9 Å². The van der Waals surface area contributed by atoms with Gasteiger partial charge in [0.25, 0.3) is 0 Å². The maximum Gasteiger partial charge on any atom is 0.220 e. The molecule has 2 aromatic heterocycles. The van der Waals surface area contributed by atoms with Gasteiger partial charge in [-0.15, -0.1) is 0 Å². The lowest BCUT2D eigenvalue weighted by Gasteiger charge is -2.28. The van der Waals surface area contributed by atoms with Crippen molar-refractivity contribution in [3.05, 3.63) is 6.20 Å². The molecule has 1 aliphatic heterocycles. The first-order valence-corrected chi connectivity index (χ1v) is 11.2. The predicted molar refractivity (Wildman–Crippen MR) is 115 cm³/mol. The quantitative estimate of drug-likeness (QED) is 0.562. The first kappa shape index (κ1) is 20.9. The number of hydrogen-bond acceptors (Lipinski definition) is 6.